The molecule has 1 saturated heterocycles. The summed E-state index contributed by atoms with van der Waals surface area (Å²) in [6.45, 7) is 4.68. The lowest BCUT2D eigenvalue weighted by atomic mass is 10.0. The molecule has 1 aromatic carbocycles. The van der Waals surface area contributed by atoms with Crippen molar-refractivity contribution < 1.29 is 14.3 Å². The van der Waals surface area contributed by atoms with Gasteiger partial charge in [-0.1, -0.05) is 17.7 Å². The number of nitrogens with zero attached hydrogens (tertiary/aromatic N) is 1. The summed E-state index contributed by atoms with van der Waals surface area (Å²) in [5.74, 6) is 0.442. The normalized spacial score (nSPS) is 27.7. The quantitative estimate of drug-likeness (QED) is 0.855. The molecule has 22 heavy (non-hydrogen) atoms. The molecule has 3 atom stereocenters. The molecular weight excluding hydrogens is 302 g/mol. The minimum Gasteiger partial charge on any atom is -0.381 e. The van der Waals surface area contributed by atoms with E-state index in [-0.39, 0.29) is 18.1 Å². The first kappa shape index (κ1) is 15.8. The monoisotopic (exact) mass is 323 g/mol. The van der Waals surface area contributed by atoms with E-state index in [2.05, 4.69) is 0 Å². The Morgan fingerprint density at radius 2 is 2.32 bits per heavy atom. The molecule has 0 radical (unpaired) electrons. The Labute approximate surface area is 136 Å². The van der Waals surface area contributed by atoms with E-state index in [4.69, 9.17) is 21.1 Å². The Kier molecular flexibility index (Phi) is 5.01. The van der Waals surface area contributed by atoms with E-state index in [1.165, 1.54) is 0 Å². The first-order valence-corrected chi connectivity index (χ1v) is 8.34. The summed E-state index contributed by atoms with van der Waals surface area (Å²) in [5.41, 5.74) is 0.654. The van der Waals surface area contributed by atoms with Gasteiger partial charge in [0, 0.05) is 29.7 Å². The van der Waals surface area contributed by atoms with Crippen molar-refractivity contribution in [1.29, 1.82) is 0 Å². The molecule has 1 heterocycles. The summed E-state index contributed by atoms with van der Waals surface area (Å²) in [4.78, 5) is 14.8. The SMILES string of the molecule is CCOCC1CCC2C1OCCN2C(=O)c1cccc(Cl)c1. The second-order valence-corrected chi connectivity index (χ2v) is 6.34. The molecule has 0 spiro atoms. The Morgan fingerprint density at radius 3 is 3.09 bits per heavy atom. The predicted octanol–water partition coefficient (Wildman–Crippen LogP) is 3.00. The second kappa shape index (κ2) is 6.99. The third kappa shape index (κ3) is 3.14. The summed E-state index contributed by atoms with van der Waals surface area (Å²) < 4.78 is 11.5. The van der Waals surface area contributed by atoms with E-state index in [1.807, 2.05) is 24.0 Å². The third-order valence-corrected chi connectivity index (χ3v) is 4.82. The Morgan fingerprint density at radius 1 is 1.45 bits per heavy atom. The van der Waals surface area contributed by atoms with Crippen LogP contribution in [0.3, 0.4) is 0 Å². The van der Waals surface area contributed by atoms with Gasteiger partial charge < -0.3 is 14.4 Å². The van der Waals surface area contributed by atoms with Crippen LogP contribution < -0.4 is 0 Å². The van der Waals surface area contributed by atoms with Crippen LogP contribution in [0, 0.1) is 5.92 Å². The van der Waals surface area contributed by atoms with Gasteiger partial charge in [0.05, 0.1) is 25.4 Å². The molecule has 0 aromatic heterocycles. The topological polar surface area (TPSA) is 38.8 Å². The highest BCUT2D eigenvalue weighted by molar-refractivity contribution is 6.30. The zero-order valence-corrected chi connectivity index (χ0v) is 13.6. The van der Waals surface area contributed by atoms with Crippen molar-refractivity contribution in [3.8, 4) is 0 Å². The molecule has 1 aliphatic heterocycles. The van der Waals surface area contributed by atoms with E-state index >= 15 is 0 Å². The Balaban J connectivity index is 1.73. The highest BCUT2D eigenvalue weighted by Crippen LogP contribution is 2.35. The third-order valence-electron chi connectivity index (χ3n) is 4.59. The molecule has 2 aliphatic rings. The number of benzene rings is 1. The molecule has 4 nitrogen and oxygen atoms in total. The minimum absolute atomic E-state index is 0.0536. The van der Waals surface area contributed by atoms with Crippen LogP contribution in [0.2, 0.25) is 5.02 Å². The molecule has 1 amide bonds. The van der Waals surface area contributed by atoms with Crippen molar-refractivity contribution in [1.82, 2.24) is 4.90 Å². The van der Waals surface area contributed by atoms with Crippen LogP contribution >= 0.6 is 11.6 Å². The number of hydrogen-bond acceptors (Lipinski definition) is 3. The number of fused-ring (bicyclic) bond motifs is 1. The molecule has 0 bridgehead atoms. The molecular formula is C17H22ClNO3. The summed E-state index contributed by atoms with van der Waals surface area (Å²) in [6.07, 6.45) is 2.13. The Hall–Kier alpha value is -1.10. The van der Waals surface area contributed by atoms with Crippen LogP contribution in [0.1, 0.15) is 30.1 Å². The molecule has 3 rings (SSSR count). The molecule has 120 valence electrons. The first-order valence-electron chi connectivity index (χ1n) is 7.96. The standard InChI is InChI=1S/C17H22ClNO3/c1-2-21-11-13-6-7-15-16(13)22-9-8-19(15)17(20)12-4-3-5-14(18)10-12/h3-5,10,13,15-16H,2,6-9,11H2,1H3. The van der Waals surface area contributed by atoms with E-state index in [0.29, 0.717) is 29.7 Å². The molecule has 2 fully saturated rings. The average Bonchev–Trinajstić information content (AvgIpc) is 2.95. The van der Waals surface area contributed by atoms with Gasteiger partial charge in [0.1, 0.15) is 0 Å². The molecule has 5 heteroatoms. The molecule has 1 saturated carbocycles. The maximum atomic E-state index is 12.8. The maximum absolute atomic E-state index is 12.8. The first-order chi connectivity index (χ1) is 10.7. The fourth-order valence-electron chi connectivity index (χ4n) is 3.55. The van der Waals surface area contributed by atoms with Gasteiger partial charge in [-0.2, -0.15) is 0 Å². The average molecular weight is 324 g/mol. The second-order valence-electron chi connectivity index (χ2n) is 5.91. The lowest BCUT2D eigenvalue weighted by molar-refractivity contribution is -0.0746. The minimum atomic E-state index is 0.0536. The fraction of sp³-hybridized carbons (Fsp3) is 0.588. The van der Waals surface area contributed by atoms with Gasteiger partial charge in [0.15, 0.2) is 0 Å². The van der Waals surface area contributed by atoms with Crippen LogP contribution in [0.5, 0.6) is 0 Å². The number of rotatable bonds is 4. The van der Waals surface area contributed by atoms with Gasteiger partial charge in [0.2, 0.25) is 0 Å². The number of carbonyl (C=O) groups excluding carboxylic acids is 1. The van der Waals surface area contributed by atoms with Crippen molar-refractivity contribution in [2.24, 2.45) is 5.92 Å². The van der Waals surface area contributed by atoms with Gasteiger partial charge in [-0.15, -0.1) is 0 Å². The highest BCUT2D eigenvalue weighted by atomic mass is 35.5. The van der Waals surface area contributed by atoms with Crippen molar-refractivity contribution >= 4 is 17.5 Å². The van der Waals surface area contributed by atoms with Gasteiger partial charge in [-0.3, -0.25) is 4.79 Å². The largest absolute Gasteiger partial charge is 0.381 e. The summed E-state index contributed by atoms with van der Waals surface area (Å²) in [5, 5.41) is 0.594. The number of ether oxygens (including phenoxy) is 2. The fourth-order valence-corrected chi connectivity index (χ4v) is 3.74. The smallest absolute Gasteiger partial charge is 0.254 e. The van der Waals surface area contributed by atoms with Crippen LogP contribution in [0.15, 0.2) is 24.3 Å². The van der Waals surface area contributed by atoms with Crippen LogP contribution in [0.4, 0.5) is 0 Å². The summed E-state index contributed by atoms with van der Waals surface area (Å²) in [7, 11) is 0. The predicted molar refractivity (Wildman–Crippen MR) is 85.2 cm³/mol. The zero-order chi connectivity index (χ0) is 15.5. The van der Waals surface area contributed by atoms with Crippen LogP contribution in [0.25, 0.3) is 0 Å². The van der Waals surface area contributed by atoms with E-state index < -0.39 is 0 Å². The van der Waals surface area contributed by atoms with Crippen LogP contribution in [-0.4, -0.2) is 49.3 Å². The van der Waals surface area contributed by atoms with Gasteiger partial charge in [-0.05, 0) is 38.0 Å². The van der Waals surface area contributed by atoms with Crippen molar-refractivity contribution in [3.05, 3.63) is 34.9 Å². The number of morpholine rings is 1. The number of halogens is 1. The van der Waals surface area contributed by atoms with Gasteiger partial charge >= 0.3 is 0 Å². The Bertz CT molecular complexity index is 536. The van der Waals surface area contributed by atoms with E-state index in [9.17, 15) is 4.79 Å². The summed E-state index contributed by atoms with van der Waals surface area (Å²) in [6, 6.07) is 7.33. The molecule has 1 aromatic rings. The molecule has 0 N–H and O–H groups in total. The zero-order valence-electron chi connectivity index (χ0n) is 12.8. The number of hydrogen-bond donors (Lipinski definition) is 0. The maximum Gasteiger partial charge on any atom is 0.254 e. The summed E-state index contributed by atoms with van der Waals surface area (Å²) >= 11 is 6.01. The van der Waals surface area contributed by atoms with Crippen LogP contribution in [-0.2, 0) is 9.47 Å². The van der Waals surface area contributed by atoms with Crippen molar-refractivity contribution in [2.75, 3.05) is 26.4 Å². The van der Waals surface area contributed by atoms with Crippen molar-refractivity contribution in [2.45, 2.75) is 31.9 Å². The number of carbonyl (C=O) groups is 1. The highest BCUT2D eigenvalue weighted by Gasteiger charge is 2.44. The lowest BCUT2D eigenvalue weighted by Crippen LogP contribution is -2.53. The lowest BCUT2D eigenvalue weighted by Gasteiger charge is -2.39. The molecule has 1 aliphatic carbocycles. The van der Waals surface area contributed by atoms with Crippen molar-refractivity contribution in [3.63, 3.8) is 0 Å². The van der Waals surface area contributed by atoms with E-state index in [1.54, 1.807) is 12.1 Å². The molecule has 3 unspecified atom stereocenters. The van der Waals surface area contributed by atoms with Gasteiger partial charge in [0.25, 0.3) is 5.91 Å². The van der Waals surface area contributed by atoms with Gasteiger partial charge in [-0.25, -0.2) is 0 Å². The van der Waals surface area contributed by atoms with E-state index in [0.717, 1.165) is 26.1 Å². The number of amides is 1.